The van der Waals surface area contributed by atoms with Gasteiger partial charge in [0.15, 0.2) is 5.75 Å². The Morgan fingerprint density at radius 3 is 2.20 bits per heavy atom. The molecule has 0 amide bonds. The van der Waals surface area contributed by atoms with E-state index in [1.165, 1.54) is 12.1 Å². The van der Waals surface area contributed by atoms with Gasteiger partial charge in [0.1, 0.15) is 0 Å². The fraction of sp³-hybridized carbons (Fsp3) is 0.143. The van der Waals surface area contributed by atoms with E-state index in [0.29, 0.717) is 0 Å². The Hall–Kier alpha value is -1.56. The third kappa shape index (κ3) is 5.69. The predicted octanol–water partition coefficient (Wildman–Crippen LogP) is 1.24. The Labute approximate surface area is 85.7 Å². The van der Waals surface area contributed by atoms with E-state index in [0.717, 1.165) is 5.56 Å². The minimum absolute atomic E-state index is 0.254. The monoisotopic (exact) mass is 234 g/mol. The summed E-state index contributed by atoms with van der Waals surface area (Å²) in [7, 11) is -2.87. The van der Waals surface area contributed by atoms with Crippen LogP contribution in [-0.4, -0.2) is 19.8 Å². The highest BCUT2D eigenvalue weighted by Crippen LogP contribution is 2.25. The summed E-state index contributed by atoms with van der Waals surface area (Å²) in [5.41, 5.74) is 0.545. The van der Waals surface area contributed by atoms with Gasteiger partial charge >= 0.3 is 13.9 Å². The fourth-order valence-electron chi connectivity index (χ4n) is 0.788. The van der Waals surface area contributed by atoms with Crippen molar-refractivity contribution in [1.82, 2.24) is 0 Å². The lowest BCUT2D eigenvalue weighted by Gasteiger charge is -1.95. The van der Waals surface area contributed by atoms with Crippen LogP contribution >= 0.6 is 8.25 Å². The van der Waals surface area contributed by atoms with E-state index >= 15 is 0 Å². The van der Waals surface area contributed by atoms with E-state index in [9.17, 15) is 10.1 Å². The van der Waals surface area contributed by atoms with Crippen molar-refractivity contribution in [2.24, 2.45) is 0 Å². The zero-order chi connectivity index (χ0) is 12.0. The number of phenolic OH excluding ortho intramolecular Hbond substituents is 1. The number of nitro benzene ring substituents is 1. The molecule has 0 heterocycles. The van der Waals surface area contributed by atoms with Gasteiger partial charge in [0, 0.05) is 10.6 Å². The number of aromatic hydroxyl groups is 1. The molecule has 0 radical (unpaired) electrons. The van der Waals surface area contributed by atoms with Gasteiger partial charge in [-0.2, -0.15) is 0 Å². The average molecular weight is 234 g/mol. The van der Waals surface area contributed by atoms with Crippen LogP contribution in [0.15, 0.2) is 18.2 Å². The second kappa shape index (κ2) is 6.02. The van der Waals surface area contributed by atoms with Crippen molar-refractivity contribution in [2.75, 3.05) is 0 Å². The third-order valence-corrected chi connectivity index (χ3v) is 1.33. The van der Waals surface area contributed by atoms with Gasteiger partial charge in [-0.15, -0.1) is 9.79 Å². The molecule has 3 N–H and O–H groups in total. The molecule has 0 bridgehead atoms. The van der Waals surface area contributed by atoms with Crippen molar-refractivity contribution < 1.29 is 24.4 Å². The van der Waals surface area contributed by atoms with E-state index in [-0.39, 0.29) is 11.4 Å². The number of nitrogens with zero attached hydrogens (tertiary/aromatic N) is 1. The van der Waals surface area contributed by atoms with E-state index in [2.05, 4.69) is 0 Å². The molecule has 0 aromatic heterocycles. The van der Waals surface area contributed by atoms with Gasteiger partial charge in [-0.1, -0.05) is 6.07 Å². The number of nitro groups is 1. The number of hydrogen-bond donors (Lipinski definition) is 3. The Morgan fingerprint density at radius 2 is 1.87 bits per heavy atom. The molecule has 1 aromatic rings. The highest BCUT2D eigenvalue weighted by atomic mass is 31.1. The van der Waals surface area contributed by atoms with Crippen LogP contribution in [-0.2, 0) is 4.57 Å². The molecule has 1 rings (SSSR count). The number of aryl methyl sites for hydroxylation is 1. The first kappa shape index (κ1) is 13.4. The van der Waals surface area contributed by atoms with E-state index in [4.69, 9.17) is 19.5 Å². The van der Waals surface area contributed by atoms with E-state index in [1.807, 2.05) is 0 Å². The highest BCUT2D eigenvalue weighted by Gasteiger charge is 2.10. The number of hydrogen-bond acceptors (Lipinski definition) is 4. The maximum atomic E-state index is 10.2. The minimum atomic E-state index is -2.87. The molecular formula is C7H9NO6P+. The lowest BCUT2D eigenvalue weighted by molar-refractivity contribution is -0.385. The molecule has 0 fully saturated rings. The molecule has 15 heavy (non-hydrogen) atoms. The van der Waals surface area contributed by atoms with Crippen LogP contribution in [0.25, 0.3) is 0 Å². The molecule has 0 aliphatic rings. The highest BCUT2D eigenvalue weighted by molar-refractivity contribution is 7.30. The second-order valence-electron chi connectivity index (χ2n) is 2.50. The van der Waals surface area contributed by atoms with E-state index < -0.39 is 13.2 Å². The van der Waals surface area contributed by atoms with Crippen molar-refractivity contribution in [2.45, 2.75) is 6.92 Å². The summed E-state index contributed by atoms with van der Waals surface area (Å²) in [6, 6.07) is 4.22. The summed E-state index contributed by atoms with van der Waals surface area (Å²) in [6.07, 6.45) is 0. The molecule has 0 spiro atoms. The Bertz CT molecular complexity index is 376. The van der Waals surface area contributed by atoms with Crippen LogP contribution in [0.1, 0.15) is 5.56 Å². The third-order valence-electron chi connectivity index (χ3n) is 1.33. The summed E-state index contributed by atoms with van der Waals surface area (Å²) in [4.78, 5) is 23.8. The summed E-state index contributed by atoms with van der Waals surface area (Å²) < 4.78 is 8.70. The Balaban J connectivity index is 0.000000423. The van der Waals surface area contributed by atoms with Gasteiger partial charge in [-0.25, -0.2) is 0 Å². The first-order valence-electron chi connectivity index (χ1n) is 3.63. The summed E-state index contributed by atoms with van der Waals surface area (Å²) in [6.45, 7) is 1.75. The molecule has 0 atom stereocenters. The maximum absolute atomic E-state index is 10.2. The Kier molecular flexibility index (Phi) is 5.40. The van der Waals surface area contributed by atoms with Crippen molar-refractivity contribution in [3.8, 4) is 5.75 Å². The molecule has 0 unspecified atom stereocenters. The zero-order valence-corrected chi connectivity index (χ0v) is 8.59. The van der Waals surface area contributed by atoms with Gasteiger partial charge < -0.3 is 5.11 Å². The molecule has 0 aliphatic heterocycles. The molecule has 7 nitrogen and oxygen atoms in total. The standard InChI is InChI=1S/C7H7NO3.HO3P/c1-5-2-3-6(8(10)11)7(9)4-5;1-4(2)3/h2-4,9H,1H3;(H-,1,2,3)/p+1. The number of rotatable bonds is 1. The lowest BCUT2D eigenvalue weighted by atomic mass is 10.2. The van der Waals surface area contributed by atoms with Gasteiger partial charge in [-0.05, 0) is 18.6 Å². The lowest BCUT2D eigenvalue weighted by Crippen LogP contribution is -1.88. The zero-order valence-electron chi connectivity index (χ0n) is 7.69. The number of phenols is 1. The van der Waals surface area contributed by atoms with Crippen LogP contribution in [0.2, 0.25) is 0 Å². The molecule has 0 saturated carbocycles. The van der Waals surface area contributed by atoms with Gasteiger partial charge in [0.25, 0.3) is 0 Å². The molecule has 0 saturated heterocycles. The van der Waals surface area contributed by atoms with Crippen molar-refractivity contribution in [3.63, 3.8) is 0 Å². The van der Waals surface area contributed by atoms with Crippen LogP contribution in [0.4, 0.5) is 5.69 Å². The van der Waals surface area contributed by atoms with Gasteiger partial charge in [-0.3, -0.25) is 10.1 Å². The topological polar surface area (TPSA) is 121 Å². The first-order chi connectivity index (χ1) is 6.84. The maximum Gasteiger partial charge on any atom is 0.692 e. The molecule has 8 heteroatoms. The van der Waals surface area contributed by atoms with Crippen molar-refractivity contribution >= 4 is 13.9 Å². The summed E-state index contributed by atoms with van der Waals surface area (Å²) >= 11 is 0. The normalized spacial score (nSPS) is 8.73. The van der Waals surface area contributed by atoms with Crippen LogP contribution in [0.3, 0.4) is 0 Å². The van der Waals surface area contributed by atoms with E-state index in [1.54, 1.807) is 13.0 Å². The molecule has 0 aliphatic carbocycles. The average Bonchev–Trinajstić information content (AvgIpc) is 2.01. The van der Waals surface area contributed by atoms with Crippen molar-refractivity contribution in [3.05, 3.63) is 33.9 Å². The fourth-order valence-corrected chi connectivity index (χ4v) is 0.788. The van der Waals surface area contributed by atoms with Gasteiger partial charge in [0.05, 0.1) is 4.92 Å². The molecular weight excluding hydrogens is 225 g/mol. The SMILES string of the molecule is Cc1ccc([N+](=O)[O-])c(O)c1.O=[P+](O)O. The minimum Gasteiger partial charge on any atom is -0.502 e. The smallest absolute Gasteiger partial charge is 0.502 e. The second-order valence-corrected chi connectivity index (χ2v) is 3.01. The van der Waals surface area contributed by atoms with Gasteiger partial charge in [0.2, 0.25) is 0 Å². The number of benzene rings is 1. The quantitative estimate of drug-likeness (QED) is 0.381. The Morgan fingerprint density at radius 1 is 1.40 bits per heavy atom. The molecule has 82 valence electrons. The molecule has 1 aromatic carbocycles. The van der Waals surface area contributed by atoms with Crippen LogP contribution in [0, 0.1) is 17.0 Å². The summed E-state index contributed by atoms with van der Waals surface area (Å²) in [5, 5.41) is 19.2. The van der Waals surface area contributed by atoms with Crippen molar-refractivity contribution in [1.29, 1.82) is 0 Å². The van der Waals surface area contributed by atoms with Crippen LogP contribution in [0.5, 0.6) is 5.75 Å². The first-order valence-corrected chi connectivity index (χ1v) is 4.80. The van der Waals surface area contributed by atoms with Crippen LogP contribution < -0.4 is 0 Å². The predicted molar refractivity (Wildman–Crippen MR) is 51.5 cm³/mol. The summed E-state index contributed by atoms with van der Waals surface area (Å²) in [5.74, 6) is -0.282. The largest absolute Gasteiger partial charge is 0.692 e.